The third kappa shape index (κ3) is 2.95. The van der Waals surface area contributed by atoms with Crippen molar-refractivity contribution >= 4 is 5.91 Å². The number of nitrogens with zero attached hydrogens (tertiary/aromatic N) is 1. The van der Waals surface area contributed by atoms with Crippen molar-refractivity contribution < 1.29 is 14.6 Å². The zero-order chi connectivity index (χ0) is 12.3. The van der Waals surface area contributed by atoms with Crippen molar-refractivity contribution in [1.29, 1.82) is 0 Å². The summed E-state index contributed by atoms with van der Waals surface area (Å²) >= 11 is 0. The zero-order valence-corrected chi connectivity index (χ0v) is 9.97. The molecule has 2 aliphatic heterocycles. The maximum atomic E-state index is 11.3. The van der Waals surface area contributed by atoms with Gasteiger partial charge in [-0.3, -0.25) is 15.1 Å². The summed E-state index contributed by atoms with van der Waals surface area (Å²) in [4.78, 5) is 13.6. The van der Waals surface area contributed by atoms with Crippen molar-refractivity contribution in [2.75, 3.05) is 19.7 Å². The Hall–Kier alpha value is -0.690. The van der Waals surface area contributed by atoms with Gasteiger partial charge in [-0.25, -0.2) is 5.84 Å². The minimum Gasteiger partial charge on any atom is -0.395 e. The van der Waals surface area contributed by atoms with Gasteiger partial charge in [-0.15, -0.1) is 0 Å². The molecule has 6 nitrogen and oxygen atoms in total. The number of ether oxygens (including phenoxy) is 1. The third-order valence-electron chi connectivity index (χ3n) is 3.69. The fourth-order valence-corrected chi connectivity index (χ4v) is 2.73. The smallest absolute Gasteiger partial charge is 0.263 e. The maximum Gasteiger partial charge on any atom is 0.263 e. The molecule has 98 valence electrons. The van der Waals surface area contributed by atoms with E-state index in [1.54, 1.807) is 0 Å². The lowest BCUT2D eigenvalue weighted by Crippen LogP contribution is -2.41. The van der Waals surface area contributed by atoms with Gasteiger partial charge in [0.2, 0.25) is 0 Å². The number of amides is 1. The van der Waals surface area contributed by atoms with Gasteiger partial charge >= 0.3 is 0 Å². The summed E-state index contributed by atoms with van der Waals surface area (Å²) in [5.41, 5.74) is 2.12. The van der Waals surface area contributed by atoms with Crippen molar-refractivity contribution in [2.45, 2.75) is 43.9 Å². The number of nitrogens with one attached hydrogen (secondary N) is 1. The molecule has 2 aliphatic rings. The Bertz CT molecular complexity index is 275. The Balaban J connectivity index is 1.79. The third-order valence-corrected chi connectivity index (χ3v) is 3.69. The van der Waals surface area contributed by atoms with Gasteiger partial charge in [0, 0.05) is 12.6 Å². The van der Waals surface area contributed by atoms with E-state index < -0.39 is 6.10 Å². The quantitative estimate of drug-likeness (QED) is 0.334. The highest BCUT2D eigenvalue weighted by atomic mass is 16.5. The van der Waals surface area contributed by atoms with E-state index in [0.29, 0.717) is 0 Å². The van der Waals surface area contributed by atoms with Crippen LogP contribution in [0.2, 0.25) is 0 Å². The molecule has 0 aromatic heterocycles. The molecule has 2 fully saturated rings. The van der Waals surface area contributed by atoms with Crippen LogP contribution in [0.15, 0.2) is 0 Å². The fraction of sp³-hybridized carbons (Fsp3) is 0.909. The standard InChI is InChI=1S/C11H21N3O3/c12-13-11(16)10-4-3-9(17-10)6-14-5-1-2-8(14)7-15/h8-10,15H,1-7,12H2,(H,13,16). The molecule has 0 aromatic carbocycles. The van der Waals surface area contributed by atoms with Crippen LogP contribution in [0.3, 0.4) is 0 Å². The van der Waals surface area contributed by atoms with Crippen LogP contribution in [-0.2, 0) is 9.53 Å². The van der Waals surface area contributed by atoms with Gasteiger partial charge in [0.15, 0.2) is 0 Å². The molecule has 2 saturated heterocycles. The molecule has 17 heavy (non-hydrogen) atoms. The lowest BCUT2D eigenvalue weighted by molar-refractivity contribution is -0.132. The van der Waals surface area contributed by atoms with Gasteiger partial charge < -0.3 is 9.84 Å². The van der Waals surface area contributed by atoms with Crippen molar-refractivity contribution in [3.63, 3.8) is 0 Å². The van der Waals surface area contributed by atoms with Gasteiger partial charge in [0.05, 0.1) is 12.7 Å². The molecule has 2 heterocycles. The summed E-state index contributed by atoms with van der Waals surface area (Å²) in [5.74, 6) is 4.84. The first-order valence-electron chi connectivity index (χ1n) is 6.25. The minimum absolute atomic E-state index is 0.0875. The van der Waals surface area contributed by atoms with E-state index in [9.17, 15) is 9.90 Å². The Kier molecular flexibility index (Phi) is 4.33. The molecular formula is C11H21N3O3. The number of carbonyl (C=O) groups excluding carboxylic acids is 1. The summed E-state index contributed by atoms with van der Waals surface area (Å²) in [6.07, 6.45) is 3.48. The Morgan fingerprint density at radius 3 is 3.00 bits per heavy atom. The Morgan fingerprint density at radius 1 is 1.47 bits per heavy atom. The molecule has 1 amide bonds. The van der Waals surface area contributed by atoms with Crippen molar-refractivity contribution in [1.82, 2.24) is 10.3 Å². The highest BCUT2D eigenvalue weighted by molar-refractivity contribution is 5.80. The number of hydrogen-bond acceptors (Lipinski definition) is 5. The molecule has 0 radical (unpaired) electrons. The zero-order valence-electron chi connectivity index (χ0n) is 9.97. The second-order valence-corrected chi connectivity index (χ2v) is 4.81. The van der Waals surface area contributed by atoms with Crippen molar-refractivity contribution in [3.8, 4) is 0 Å². The number of nitrogens with two attached hydrogens (primary N) is 1. The topological polar surface area (TPSA) is 87.8 Å². The van der Waals surface area contributed by atoms with E-state index in [2.05, 4.69) is 10.3 Å². The van der Waals surface area contributed by atoms with Gasteiger partial charge in [0.25, 0.3) is 5.91 Å². The number of carbonyl (C=O) groups is 1. The van der Waals surface area contributed by atoms with E-state index in [1.807, 2.05) is 0 Å². The predicted octanol–water partition coefficient (Wildman–Crippen LogP) is -1.02. The second kappa shape index (κ2) is 5.77. The molecular weight excluding hydrogens is 222 g/mol. The summed E-state index contributed by atoms with van der Waals surface area (Å²) in [5, 5.41) is 9.23. The van der Waals surface area contributed by atoms with Crippen molar-refractivity contribution in [3.05, 3.63) is 0 Å². The molecule has 3 unspecified atom stereocenters. The monoisotopic (exact) mass is 243 g/mol. The minimum atomic E-state index is -0.403. The molecule has 0 bridgehead atoms. The number of hydrazine groups is 1. The molecule has 4 N–H and O–H groups in total. The number of rotatable bonds is 4. The van der Waals surface area contributed by atoms with E-state index in [1.165, 1.54) is 0 Å². The summed E-state index contributed by atoms with van der Waals surface area (Å²) in [6.45, 7) is 2.03. The number of aliphatic hydroxyl groups is 1. The number of hydrogen-bond donors (Lipinski definition) is 3. The molecule has 0 aromatic rings. The second-order valence-electron chi connectivity index (χ2n) is 4.81. The SMILES string of the molecule is NNC(=O)C1CCC(CN2CCCC2CO)O1. The Labute approximate surface area is 101 Å². The maximum absolute atomic E-state index is 11.3. The van der Waals surface area contributed by atoms with Crippen LogP contribution in [0.4, 0.5) is 0 Å². The van der Waals surface area contributed by atoms with E-state index in [0.717, 1.165) is 38.8 Å². The molecule has 3 atom stereocenters. The largest absolute Gasteiger partial charge is 0.395 e. The van der Waals surface area contributed by atoms with E-state index in [4.69, 9.17) is 10.6 Å². The summed E-state index contributed by atoms with van der Waals surface area (Å²) < 4.78 is 5.65. The van der Waals surface area contributed by atoms with Crippen LogP contribution >= 0.6 is 0 Å². The summed E-state index contributed by atoms with van der Waals surface area (Å²) in [7, 11) is 0. The molecule has 2 rings (SSSR count). The highest BCUT2D eigenvalue weighted by Crippen LogP contribution is 2.24. The fourth-order valence-electron chi connectivity index (χ4n) is 2.73. The van der Waals surface area contributed by atoms with Gasteiger partial charge in [0.1, 0.15) is 6.10 Å². The van der Waals surface area contributed by atoms with E-state index in [-0.39, 0.29) is 24.7 Å². The van der Waals surface area contributed by atoms with Gasteiger partial charge in [-0.2, -0.15) is 0 Å². The molecule has 6 heteroatoms. The Morgan fingerprint density at radius 2 is 2.29 bits per heavy atom. The first-order chi connectivity index (χ1) is 8.24. The van der Waals surface area contributed by atoms with Crippen LogP contribution in [0.1, 0.15) is 25.7 Å². The van der Waals surface area contributed by atoms with Gasteiger partial charge in [-0.05, 0) is 32.2 Å². The van der Waals surface area contributed by atoms with Crippen molar-refractivity contribution in [2.24, 2.45) is 5.84 Å². The van der Waals surface area contributed by atoms with E-state index >= 15 is 0 Å². The highest BCUT2D eigenvalue weighted by Gasteiger charge is 2.33. The molecule has 0 saturated carbocycles. The average Bonchev–Trinajstić information content (AvgIpc) is 2.97. The van der Waals surface area contributed by atoms with Crippen LogP contribution in [0.25, 0.3) is 0 Å². The normalized spacial score (nSPS) is 34.1. The number of aliphatic hydroxyl groups excluding tert-OH is 1. The van der Waals surface area contributed by atoms with Gasteiger partial charge in [-0.1, -0.05) is 0 Å². The van der Waals surface area contributed by atoms with Crippen LogP contribution < -0.4 is 11.3 Å². The van der Waals surface area contributed by atoms with Crippen LogP contribution in [-0.4, -0.2) is 53.9 Å². The predicted molar refractivity (Wildman–Crippen MR) is 61.9 cm³/mol. The van der Waals surface area contributed by atoms with Crippen LogP contribution in [0.5, 0.6) is 0 Å². The first kappa shape index (κ1) is 12.8. The molecule has 0 aliphatic carbocycles. The summed E-state index contributed by atoms with van der Waals surface area (Å²) in [6, 6.07) is 0.265. The average molecular weight is 243 g/mol. The first-order valence-corrected chi connectivity index (χ1v) is 6.25. The molecule has 0 spiro atoms. The lowest BCUT2D eigenvalue weighted by Gasteiger charge is -2.25. The number of likely N-dealkylation sites (tertiary alicyclic amines) is 1. The lowest BCUT2D eigenvalue weighted by atomic mass is 10.1. The van der Waals surface area contributed by atoms with Crippen LogP contribution in [0, 0.1) is 0 Å².